The van der Waals surface area contributed by atoms with Gasteiger partial charge in [-0.2, -0.15) is 18.2 Å². The van der Waals surface area contributed by atoms with Gasteiger partial charge in [0.2, 0.25) is 5.91 Å². The molecular weight excluding hydrogens is 646 g/mol. The third kappa shape index (κ3) is 8.92. The van der Waals surface area contributed by atoms with Crippen molar-refractivity contribution in [2.45, 2.75) is 50.4 Å². The van der Waals surface area contributed by atoms with Gasteiger partial charge in [0.1, 0.15) is 30.0 Å². The normalized spacial score (nSPS) is 19.8. The summed E-state index contributed by atoms with van der Waals surface area (Å²) in [5.41, 5.74) is 4.88. The zero-order valence-corrected chi connectivity index (χ0v) is 25.8. The van der Waals surface area contributed by atoms with Crippen molar-refractivity contribution in [3.63, 3.8) is 0 Å². The van der Waals surface area contributed by atoms with Crippen LogP contribution in [0.25, 0.3) is 0 Å². The Balaban J connectivity index is 1.68. The molecule has 4 N–H and O–H groups in total. The molecule has 21 heteroatoms. The van der Waals surface area contributed by atoms with Gasteiger partial charge in [-0.05, 0) is 6.92 Å². The molecule has 1 aliphatic heterocycles. The monoisotopic (exact) mass is 677 g/mol. The summed E-state index contributed by atoms with van der Waals surface area (Å²) < 4.78 is 74.6. The van der Waals surface area contributed by atoms with Crippen LogP contribution >= 0.6 is 7.75 Å². The number of alkyl halides is 3. The van der Waals surface area contributed by atoms with Gasteiger partial charge in [-0.25, -0.2) is 23.5 Å². The van der Waals surface area contributed by atoms with Gasteiger partial charge in [-0.15, -0.1) is 0 Å². The Morgan fingerprint density at radius 2 is 2.04 bits per heavy atom. The number of nitrogens with one attached hydrogen (secondary N) is 1. The molecule has 1 saturated heterocycles. The van der Waals surface area contributed by atoms with Crippen LogP contribution in [-0.4, -0.2) is 106 Å². The molecule has 5 atom stereocenters. The van der Waals surface area contributed by atoms with Crippen LogP contribution in [0.1, 0.15) is 30.5 Å². The lowest BCUT2D eigenvalue weighted by Gasteiger charge is -2.21. The fourth-order valence-electron chi connectivity index (χ4n) is 3.95. The molecule has 2 aromatic heterocycles. The maximum Gasteiger partial charge on any atom is 0.471 e. The van der Waals surface area contributed by atoms with Crippen molar-refractivity contribution < 1.29 is 55.7 Å². The lowest BCUT2D eigenvalue weighted by Crippen LogP contribution is -2.49. The zero-order chi connectivity index (χ0) is 34.4. The molecule has 0 aliphatic carbocycles. The van der Waals surface area contributed by atoms with Crippen LogP contribution in [0.2, 0.25) is 0 Å². The summed E-state index contributed by atoms with van der Waals surface area (Å²) in [5.74, 6) is 0.354. The van der Waals surface area contributed by atoms with Gasteiger partial charge in [0.15, 0.2) is 6.61 Å². The lowest BCUT2D eigenvalue weighted by atomic mass is 10.2. The van der Waals surface area contributed by atoms with E-state index in [1.807, 2.05) is 0 Å². The van der Waals surface area contributed by atoms with Crippen molar-refractivity contribution >= 4 is 31.3 Å². The number of aromatic nitrogens is 4. The van der Waals surface area contributed by atoms with Gasteiger partial charge >= 0.3 is 31.5 Å². The summed E-state index contributed by atoms with van der Waals surface area (Å²) in [6.07, 6.45) is -5.56. The molecule has 2 aromatic rings. The van der Waals surface area contributed by atoms with Crippen LogP contribution in [0.5, 0.6) is 0 Å². The minimum absolute atomic E-state index is 0.0439. The highest BCUT2D eigenvalue weighted by molar-refractivity contribution is 7.52. The number of nitrogens with zero attached hydrogens (tertiary/aromatic N) is 5. The maximum absolute atomic E-state index is 13.1. The Hall–Kier alpha value is -4.28. The molecule has 0 aromatic carbocycles. The van der Waals surface area contributed by atoms with Crippen molar-refractivity contribution in [3.8, 4) is 11.8 Å². The summed E-state index contributed by atoms with van der Waals surface area (Å²) in [6.45, 7) is 0.487. The van der Waals surface area contributed by atoms with Gasteiger partial charge in [0.05, 0.1) is 24.7 Å². The highest BCUT2D eigenvalue weighted by Crippen LogP contribution is 2.50. The largest absolute Gasteiger partial charge is 0.471 e. The minimum atomic E-state index is -5.31. The second-order valence-corrected chi connectivity index (χ2v) is 11.8. The number of hydrogen-bond acceptors (Lipinski definition) is 13. The van der Waals surface area contributed by atoms with E-state index in [0.717, 1.165) is 15.7 Å². The lowest BCUT2D eigenvalue weighted by molar-refractivity contribution is -0.176. The van der Waals surface area contributed by atoms with E-state index < -0.39 is 74.9 Å². The smallest absolute Gasteiger partial charge is 0.451 e. The third-order valence-corrected chi connectivity index (χ3v) is 8.31. The van der Waals surface area contributed by atoms with Gasteiger partial charge in [0.25, 0.3) is 0 Å². The Morgan fingerprint density at radius 1 is 1.35 bits per heavy atom. The molecule has 1 aliphatic rings. The minimum Gasteiger partial charge on any atom is -0.451 e. The highest BCUT2D eigenvalue weighted by Gasteiger charge is 2.42. The highest BCUT2D eigenvalue weighted by atomic mass is 31.2. The Morgan fingerprint density at radius 3 is 2.63 bits per heavy atom. The molecule has 252 valence electrons. The first-order valence-corrected chi connectivity index (χ1v) is 14.7. The number of rotatable bonds is 11. The van der Waals surface area contributed by atoms with E-state index in [9.17, 15) is 42.0 Å². The van der Waals surface area contributed by atoms with Gasteiger partial charge < -0.3 is 30.5 Å². The molecule has 2 amide bonds. The second kappa shape index (κ2) is 14.9. The van der Waals surface area contributed by atoms with E-state index in [0.29, 0.717) is 5.82 Å². The SMILES string of the molecule is COP(=O)(OC[C@H]1O[C@@H](n2cc(C#CCOC(=O)C(CC(=O)N(C)C)NC(=O)C(F)(F)F)c(N)nc2=O)C[C@@H]1O)n1ccnc1C. The third-order valence-electron chi connectivity index (χ3n) is 6.43. The van der Waals surface area contributed by atoms with Crippen LogP contribution < -0.4 is 16.7 Å². The number of nitrogen functional groups attached to an aromatic ring is 1. The molecule has 2 unspecified atom stereocenters. The topological polar surface area (TPSA) is 219 Å². The number of halogens is 3. The predicted molar refractivity (Wildman–Crippen MR) is 150 cm³/mol. The predicted octanol–water partition coefficient (Wildman–Crippen LogP) is -0.282. The van der Waals surface area contributed by atoms with E-state index >= 15 is 0 Å². The molecule has 17 nitrogen and oxygen atoms in total. The number of amides is 2. The maximum atomic E-state index is 13.1. The Bertz CT molecular complexity index is 1620. The molecule has 1 fully saturated rings. The number of ether oxygens (including phenoxy) is 2. The number of nitrogens with two attached hydrogens (primary N) is 1. The summed E-state index contributed by atoms with van der Waals surface area (Å²) in [5, 5.41) is 12.0. The van der Waals surface area contributed by atoms with Gasteiger partial charge in [0, 0.05) is 46.2 Å². The van der Waals surface area contributed by atoms with Crippen molar-refractivity contribution in [1.29, 1.82) is 0 Å². The first kappa shape index (κ1) is 36.2. The van der Waals surface area contributed by atoms with Crippen LogP contribution in [-0.2, 0) is 37.5 Å². The van der Waals surface area contributed by atoms with E-state index in [1.54, 1.807) is 6.92 Å². The number of imidazole rings is 1. The number of aliphatic hydroxyl groups excluding tert-OH is 1. The molecule has 3 rings (SSSR count). The number of hydrogen-bond donors (Lipinski definition) is 3. The number of carbonyl (C=O) groups excluding carboxylic acids is 3. The Kier molecular flexibility index (Phi) is 11.7. The molecule has 46 heavy (non-hydrogen) atoms. The average molecular weight is 678 g/mol. The molecular formula is C25H31F3N7O10P. The van der Waals surface area contributed by atoms with E-state index in [1.165, 1.54) is 43.3 Å². The van der Waals surface area contributed by atoms with Crippen LogP contribution in [0.4, 0.5) is 19.0 Å². The fraction of sp³-hybridized carbons (Fsp3) is 0.520. The summed E-state index contributed by atoms with van der Waals surface area (Å²) in [4.78, 5) is 56.9. The zero-order valence-electron chi connectivity index (χ0n) is 24.9. The number of aryl methyl sites for hydroxylation is 1. The molecule has 0 radical (unpaired) electrons. The van der Waals surface area contributed by atoms with E-state index in [2.05, 4.69) is 21.8 Å². The number of carbonyl (C=O) groups is 3. The first-order chi connectivity index (χ1) is 21.5. The van der Waals surface area contributed by atoms with Crippen molar-refractivity contribution in [2.24, 2.45) is 0 Å². The van der Waals surface area contributed by atoms with Gasteiger partial charge in [-0.1, -0.05) is 11.8 Å². The fourth-order valence-corrected chi connectivity index (χ4v) is 5.32. The first-order valence-electron chi connectivity index (χ1n) is 13.2. The van der Waals surface area contributed by atoms with Crippen LogP contribution in [0.15, 0.2) is 23.4 Å². The van der Waals surface area contributed by atoms with Crippen molar-refractivity contribution in [3.05, 3.63) is 40.5 Å². The van der Waals surface area contributed by atoms with E-state index in [-0.39, 0.29) is 24.4 Å². The molecule has 0 bridgehead atoms. The van der Waals surface area contributed by atoms with Crippen molar-refractivity contribution in [2.75, 3.05) is 40.2 Å². The number of anilines is 1. The molecule has 0 saturated carbocycles. The molecule has 3 heterocycles. The number of aliphatic hydroxyl groups is 1. The summed E-state index contributed by atoms with van der Waals surface area (Å²) in [6, 6.07) is -1.95. The van der Waals surface area contributed by atoms with Crippen molar-refractivity contribution in [1.82, 2.24) is 29.1 Å². The van der Waals surface area contributed by atoms with Crippen LogP contribution in [0, 0.1) is 18.8 Å². The second-order valence-electron chi connectivity index (χ2n) is 9.85. The quantitative estimate of drug-likeness (QED) is 0.159. The average Bonchev–Trinajstić information content (AvgIpc) is 3.58. The van der Waals surface area contributed by atoms with Crippen LogP contribution in [0.3, 0.4) is 0 Å². The molecule has 0 spiro atoms. The Labute approximate surface area is 259 Å². The standard InChI is InChI=1S/C25H31F3N7O10P/c1-14-30-7-8-35(14)46(41,42-4)44-13-18-17(36)11-20(45-18)34-12-15(21(29)32-24(34)40)6-5-9-43-22(38)16(10-19(37)33(2)3)31-23(39)25(26,27)28/h7-8,12,16-18,20,36H,9-11,13H2,1-4H3,(H,31,39)(H2,29,32,40)/t16?,17-,18+,20+,46?/m0/s1. The number of esters is 1. The summed E-state index contributed by atoms with van der Waals surface area (Å²) >= 11 is 0. The van der Waals surface area contributed by atoms with E-state index in [4.69, 9.17) is 24.3 Å². The summed E-state index contributed by atoms with van der Waals surface area (Å²) in [7, 11) is -0.0956. The van der Waals surface area contributed by atoms with Gasteiger partial charge in [-0.3, -0.25) is 23.2 Å².